The third kappa shape index (κ3) is 4.31. The molecule has 2 N–H and O–H groups in total. The summed E-state index contributed by atoms with van der Waals surface area (Å²) >= 11 is 7.25. The van der Waals surface area contributed by atoms with Gasteiger partial charge in [0, 0.05) is 35.5 Å². The lowest BCUT2D eigenvalue weighted by Crippen LogP contribution is -2.62. The van der Waals surface area contributed by atoms with E-state index in [0.29, 0.717) is 11.3 Å². The van der Waals surface area contributed by atoms with Gasteiger partial charge >= 0.3 is 0 Å². The molecule has 2 aromatic carbocycles. The van der Waals surface area contributed by atoms with E-state index in [-0.39, 0.29) is 23.7 Å². The summed E-state index contributed by atoms with van der Waals surface area (Å²) in [6, 6.07) is 17.4. The molecule has 1 aromatic heterocycles. The van der Waals surface area contributed by atoms with Crippen molar-refractivity contribution in [1.82, 2.24) is 9.03 Å². The van der Waals surface area contributed by atoms with E-state index >= 15 is 0 Å². The highest BCUT2D eigenvalue weighted by atomic mass is 35.5. The lowest BCUT2D eigenvalue weighted by molar-refractivity contribution is -0.126. The van der Waals surface area contributed by atoms with Crippen LogP contribution >= 0.6 is 22.9 Å². The van der Waals surface area contributed by atoms with Gasteiger partial charge in [0.1, 0.15) is 5.82 Å². The lowest BCUT2D eigenvalue weighted by Gasteiger charge is -2.42. The number of carbonyl (C=O) groups excluding carboxylic acids is 1. The monoisotopic (exact) mass is 493 g/mol. The van der Waals surface area contributed by atoms with Crippen LogP contribution in [0.2, 0.25) is 5.02 Å². The second-order valence-corrected chi connectivity index (χ2v) is 10.9. The Balaban J connectivity index is 1.72. The molecular weight excluding hydrogens is 473 g/mol. The van der Waals surface area contributed by atoms with Crippen molar-refractivity contribution in [2.24, 2.45) is 0 Å². The van der Waals surface area contributed by atoms with Crippen LogP contribution in [-0.4, -0.2) is 32.2 Å². The van der Waals surface area contributed by atoms with Gasteiger partial charge in [-0.3, -0.25) is 4.79 Å². The molecule has 168 valence electrons. The van der Waals surface area contributed by atoms with Gasteiger partial charge in [0.05, 0.1) is 5.02 Å². The van der Waals surface area contributed by atoms with Gasteiger partial charge in [-0.2, -0.15) is 12.7 Å². The molecule has 1 atom stereocenters. The van der Waals surface area contributed by atoms with Crippen molar-refractivity contribution in [3.8, 4) is 0 Å². The Morgan fingerprint density at radius 2 is 1.97 bits per heavy atom. The number of rotatable bonds is 5. The number of carbonyl (C=O) groups is 1. The molecule has 0 spiro atoms. The number of halogens is 2. The van der Waals surface area contributed by atoms with Gasteiger partial charge < -0.3 is 5.32 Å². The molecular formula is C22H21ClFN3O3S2. The smallest absolute Gasteiger partial charge is 0.280 e. The number of benzene rings is 2. The summed E-state index contributed by atoms with van der Waals surface area (Å²) < 4.78 is 42.5. The minimum Gasteiger partial charge on any atom is -0.324 e. The summed E-state index contributed by atoms with van der Waals surface area (Å²) in [5, 5.41) is 2.59. The molecule has 3 aromatic rings. The van der Waals surface area contributed by atoms with Crippen molar-refractivity contribution in [3.63, 3.8) is 0 Å². The summed E-state index contributed by atoms with van der Waals surface area (Å²) in [5.41, 5.74) is -0.0531. The molecule has 6 nitrogen and oxygen atoms in total. The van der Waals surface area contributed by atoms with Crippen LogP contribution in [0.4, 0.5) is 10.1 Å². The van der Waals surface area contributed by atoms with Crippen LogP contribution in [0.15, 0.2) is 60.7 Å². The van der Waals surface area contributed by atoms with E-state index in [2.05, 4.69) is 10.0 Å². The Bertz CT molecular complexity index is 1250. The van der Waals surface area contributed by atoms with E-state index in [1.807, 2.05) is 36.4 Å². The minimum absolute atomic E-state index is 0.107. The zero-order chi connectivity index (χ0) is 22.9. The fourth-order valence-electron chi connectivity index (χ4n) is 3.77. The Morgan fingerprint density at radius 3 is 2.69 bits per heavy atom. The number of nitrogens with zero attached hydrogens (tertiary/aromatic N) is 1. The maximum Gasteiger partial charge on any atom is 0.280 e. The molecule has 1 aliphatic rings. The standard InChI is InChI=1S/C22H21ClFN3O3S2/c1-27-22(11-12-25-32(27,29)30,21(28)26-16-7-9-19(24)18(23)14-16)20-10-8-17(31-20)13-15-5-3-2-4-6-15/h2-10,14,25H,11-13H2,1H3,(H,26,28). The molecule has 0 saturated carbocycles. The maximum absolute atomic E-state index is 13.6. The number of thiophene rings is 1. The van der Waals surface area contributed by atoms with Gasteiger partial charge in [-0.25, -0.2) is 9.11 Å². The topological polar surface area (TPSA) is 78.5 Å². The average Bonchev–Trinajstić information content (AvgIpc) is 3.22. The molecule has 4 rings (SSSR count). The number of hydrogen-bond acceptors (Lipinski definition) is 4. The van der Waals surface area contributed by atoms with Crippen LogP contribution in [0.5, 0.6) is 0 Å². The van der Waals surface area contributed by atoms with Crippen LogP contribution in [0.25, 0.3) is 0 Å². The second-order valence-electron chi connectivity index (χ2n) is 7.49. The molecule has 1 amide bonds. The Morgan fingerprint density at radius 1 is 1.22 bits per heavy atom. The summed E-state index contributed by atoms with van der Waals surface area (Å²) in [7, 11) is -2.49. The molecule has 0 aliphatic carbocycles. The Labute approximate surface area is 195 Å². The number of nitrogens with one attached hydrogen (secondary N) is 2. The van der Waals surface area contributed by atoms with Gasteiger partial charge in [0.2, 0.25) is 0 Å². The largest absolute Gasteiger partial charge is 0.324 e. The van der Waals surface area contributed by atoms with E-state index in [9.17, 15) is 17.6 Å². The second kappa shape index (κ2) is 8.92. The van der Waals surface area contributed by atoms with Gasteiger partial charge in [-0.1, -0.05) is 41.9 Å². The number of likely N-dealkylation sites (N-methyl/N-ethyl adjacent to an activating group) is 1. The van der Waals surface area contributed by atoms with E-state index in [4.69, 9.17) is 11.6 Å². The first-order valence-electron chi connectivity index (χ1n) is 9.85. The van der Waals surface area contributed by atoms with Gasteiger partial charge in [0.25, 0.3) is 16.1 Å². The molecule has 0 radical (unpaired) electrons. The predicted octanol–water partition coefficient (Wildman–Crippen LogP) is 4.14. The molecule has 1 unspecified atom stereocenters. The number of hydrogen-bond donors (Lipinski definition) is 2. The van der Waals surface area contributed by atoms with E-state index in [1.165, 1.54) is 30.5 Å². The van der Waals surface area contributed by atoms with E-state index < -0.39 is 27.5 Å². The quantitative estimate of drug-likeness (QED) is 0.561. The predicted molar refractivity (Wildman–Crippen MR) is 125 cm³/mol. The van der Waals surface area contributed by atoms with Crippen molar-refractivity contribution in [3.05, 3.63) is 86.8 Å². The average molecular weight is 494 g/mol. The number of anilines is 1. The molecule has 1 saturated heterocycles. The molecule has 1 aliphatic heterocycles. The number of amides is 1. The highest BCUT2D eigenvalue weighted by Crippen LogP contribution is 2.41. The third-order valence-electron chi connectivity index (χ3n) is 5.51. The minimum atomic E-state index is -3.88. The van der Waals surface area contributed by atoms with Gasteiger partial charge in [-0.15, -0.1) is 11.3 Å². The maximum atomic E-state index is 13.6. The molecule has 2 heterocycles. The van der Waals surface area contributed by atoms with E-state index in [1.54, 1.807) is 6.07 Å². The molecule has 32 heavy (non-hydrogen) atoms. The summed E-state index contributed by atoms with van der Waals surface area (Å²) in [6.07, 6.45) is 0.903. The van der Waals surface area contributed by atoms with Gasteiger partial charge in [0.15, 0.2) is 5.54 Å². The first-order chi connectivity index (χ1) is 15.2. The van der Waals surface area contributed by atoms with Crippen molar-refractivity contribution < 1.29 is 17.6 Å². The first kappa shape index (κ1) is 22.9. The third-order valence-corrected chi connectivity index (χ3v) is 8.64. The fraction of sp³-hybridized carbons (Fsp3) is 0.227. The van der Waals surface area contributed by atoms with Crippen molar-refractivity contribution in [2.45, 2.75) is 18.4 Å². The van der Waals surface area contributed by atoms with Crippen LogP contribution in [0.3, 0.4) is 0 Å². The summed E-state index contributed by atoms with van der Waals surface area (Å²) in [5.74, 6) is -1.13. The molecule has 1 fully saturated rings. The molecule has 10 heteroatoms. The normalized spacial score (nSPS) is 20.7. The molecule has 0 bridgehead atoms. The van der Waals surface area contributed by atoms with E-state index in [0.717, 1.165) is 20.8 Å². The van der Waals surface area contributed by atoms with Crippen molar-refractivity contribution >= 4 is 44.7 Å². The van der Waals surface area contributed by atoms with Crippen LogP contribution in [0.1, 0.15) is 21.7 Å². The fourth-order valence-corrected chi connectivity index (χ4v) is 6.54. The van der Waals surface area contributed by atoms with Crippen LogP contribution < -0.4 is 10.0 Å². The summed E-state index contributed by atoms with van der Waals surface area (Å²) in [4.78, 5) is 15.2. The highest BCUT2D eigenvalue weighted by molar-refractivity contribution is 7.87. The zero-order valence-corrected chi connectivity index (χ0v) is 19.5. The van der Waals surface area contributed by atoms with Gasteiger partial charge in [-0.05, 0) is 42.3 Å². The highest BCUT2D eigenvalue weighted by Gasteiger charge is 2.52. The van der Waals surface area contributed by atoms with Crippen LogP contribution in [0, 0.1) is 5.82 Å². The summed E-state index contributed by atoms with van der Waals surface area (Å²) in [6.45, 7) is 0.107. The van der Waals surface area contributed by atoms with Crippen LogP contribution in [-0.2, 0) is 27.0 Å². The van der Waals surface area contributed by atoms with Crippen molar-refractivity contribution in [2.75, 3.05) is 18.9 Å². The first-order valence-corrected chi connectivity index (χ1v) is 12.5. The zero-order valence-electron chi connectivity index (χ0n) is 17.1. The Hall–Kier alpha value is -2.30. The Kier molecular flexibility index (Phi) is 6.37. The SMILES string of the molecule is CN1C(C(=O)Nc2ccc(F)c(Cl)c2)(c2ccc(Cc3ccccc3)s2)CCNS1(=O)=O. The lowest BCUT2D eigenvalue weighted by atomic mass is 9.91. The van der Waals surface area contributed by atoms with Crippen molar-refractivity contribution in [1.29, 1.82) is 0 Å².